The van der Waals surface area contributed by atoms with Crippen LogP contribution in [0.4, 0.5) is 14.6 Å². The molecule has 1 saturated carbocycles. The van der Waals surface area contributed by atoms with Gasteiger partial charge in [-0.05, 0) is 19.4 Å². The van der Waals surface area contributed by atoms with E-state index in [4.69, 9.17) is 11.6 Å². The van der Waals surface area contributed by atoms with E-state index in [0.29, 0.717) is 12.2 Å². The predicted octanol–water partition coefficient (Wildman–Crippen LogP) is 2.91. The van der Waals surface area contributed by atoms with Gasteiger partial charge in [0.15, 0.2) is 5.82 Å². The number of halogens is 3. The lowest BCUT2D eigenvalue weighted by atomic mass is 10.2. The lowest BCUT2D eigenvalue weighted by Crippen LogP contribution is -2.17. The Hall–Kier alpha value is -2.22. The molecular formula is C14H12ClF2N5O. The third-order valence-corrected chi connectivity index (χ3v) is 3.62. The molecule has 0 bridgehead atoms. The van der Waals surface area contributed by atoms with Crippen LogP contribution < -0.4 is 5.32 Å². The van der Waals surface area contributed by atoms with Crippen molar-refractivity contribution in [3.63, 3.8) is 0 Å². The monoisotopic (exact) mass is 339 g/mol. The maximum absolute atomic E-state index is 12.6. The summed E-state index contributed by atoms with van der Waals surface area (Å²) in [6.07, 6.45) is -0.612. The first kappa shape index (κ1) is 15.7. The first-order chi connectivity index (χ1) is 10.9. The molecule has 2 aromatic rings. The quantitative estimate of drug-likeness (QED) is 0.866. The standard InChI is InChI=1S/C14H12ClF2N5O/c1-6-2-3-18-12(19-6)7-4-8(7)14(23)22-10-5-9(15)20-13(21-10)11(16)17/h2-3,5,7-8,11H,4H2,1H3,(H,20,21,22,23)/t7-,8-/m0/s1. The Morgan fingerprint density at radius 2 is 2.17 bits per heavy atom. The Kier molecular flexibility index (Phi) is 4.16. The minimum atomic E-state index is -2.86. The molecule has 9 heteroatoms. The van der Waals surface area contributed by atoms with Crippen LogP contribution in [0.3, 0.4) is 0 Å². The van der Waals surface area contributed by atoms with Gasteiger partial charge in [0.1, 0.15) is 16.8 Å². The number of nitrogens with one attached hydrogen (secondary N) is 1. The molecule has 120 valence electrons. The van der Waals surface area contributed by atoms with Crippen molar-refractivity contribution in [1.29, 1.82) is 0 Å². The van der Waals surface area contributed by atoms with Crippen LogP contribution in [0, 0.1) is 12.8 Å². The highest BCUT2D eigenvalue weighted by Crippen LogP contribution is 2.46. The van der Waals surface area contributed by atoms with Crippen molar-refractivity contribution >= 4 is 23.3 Å². The van der Waals surface area contributed by atoms with Gasteiger partial charge in [-0.25, -0.2) is 28.7 Å². The van der Waals surface area contributed by atoms with E-state index in [0.717, 1.165) is 5.69 Å². The lowest BCUT2D eigenvalue weighted by molar-refractivity contribution is -0.117. The number of nitrogens with zero attached hydrogens (tertiary/aromatic N) is 4. The van der Waals surface area contributed by atoms with Crippen LogP contribution in [0.5, 0.6) is 0 Å². The van der Waals surface area contributed by atoms with E-state index in [-0.39, 0.29) is 28.7 Å². The zero-order valence-corrected chi connectivity index (χ0v) is 12.8. The minimum absolute atomic E-state index is 0.0406. The van der Waals surface area contributed by atoms with Gasteiger partial charge in [0.05, 0.1) is 0 Å². The molecule has 23 heavy (non-hydrogen) atoms. The van der Waals surface area contributed by atoms with E-state index in [1.54, 1.807) is 12.3 Å². The number of hydrogen-bond donors (Lipinski definition) is 1. The van der Waals surface area contributed by atoms with Crippen LogP contribution in [-0.2, 0) is 4.79 Å². The maximum Gasteiger partial charge on any atom is 0.297 e. The highest BCUT2D eigenvalue weighted by molar-refractivity contribution is 6.29. The zero-order valence-electron chi connectivity index (χ0n) is 12.0. The predicted molar refractivity (Wildman–Crippen MR) is 78.2 cm³/mol. The molecular weight excluding hydrogens is 328 g/mol. The Bertz CT molecular complexity index is 758. The third kappa shape index (κ3) is 3.58. The van der Waals surface area contributed by atoms with Gasteiger partial charge in [0.2, 0.25) is 5.91 Å². The van der Waals surface area contributed by atoms with Gasteiger partial charge >= 0.3 is 0 Å². The summed E-state index contributed by atoms with van der Waals surface area (Å²) in [4.78, 5) is 27.6. The summed E-state index contributed by atoms with van der Waals surface area (Å²) in [7, 11) is 0. The summed E-state index contributed by atoms with van der Waals surface area (Å²) in [5.41, 5.74) is 0.824. The number of alkyl halides is 2. The molecule has 0 radical (unpaired) electrons. The van der Waals surface area contributed by atoms with Crippen molar-refractivity contribution < 1.29 is 13.6 Å². The van der Waals surface area contributed by atoms with Crippen LogP contribution in [0.25, 0.3) is 0 Å². The van der Waals surface area contributed by atoms with Gasteiger partial charge in [-0.3, -0.25) is 4.79 Å². The molecule has 0 unspecified atom stereocenters. The Morgan fingerprint density at radius 1 is 1.39 bits per heavy atom. The Labute approximate surface area is 135 Å². The molecule has 0 spiro atoms. The number of aryl methyl sites for hydroxylation is 1. The molecule has 1 fully saturated rings. The van der Waals surface area contributed by atoms with Crippen molar-refractivity contribution in [1.82, 2.24) is 19.9 Å². The van der Waals surface area contributed by atoms with Crippen molar-refractivity contribution in [3.05, 3.63) is 40.8 Å². The number of amides is 1. The zero-order chi connectivity index (χ0) is 16.6. The molecule has 2 aromatic heterocycles. The SMILES string of the molecule is Cc1ccnc([C@H]2C[C@@H]2C(=O)Nc2cc(Cl)nc(C(F)F)n2)n1. The average molecular weight is 340 g/mol. The summed E-state index contributed by atoms with van der Waals surface area (Å²) in [5.74, 6) is -0.847. The number of rotatable bonds is 4. The van der Waals surface area contributed by atoms with E-state index in [2.05, 4.69) is 25.3 Å². The normalized spacial score (nSPS) is 19.7. The molecule has 1 N–H and O–H groups in total. The number of aromatic nitrogens is 4. The summed E-state index contributed by atoms with van der Waals surface area (Å²) < 4.78 is 25.3. The van der Waals surface area contributed by atoms with E-state index < -0.39 is 12.2 Å². The fourth-order valence-corrected chi connectivity index (χ4v) is 2.42. The van der Waals surface area contributed by atoms with Gasteiger partial charge in [0, 0.05) is 29.8 Å². The molecule has 1 amide bonds. The minimum Gasteiger partial charge on any atom is -0.310 e. The molecule has 2 heterocycles. The number of carbonyl (C=O) groups excluding carboxylic acids is 1. The fourth-order valence-electron chi connectivity index (χ4n) is 2.23. The summed E-state index contributed by atoms with van der Waals surface area (Å²) in [6.45, 7) is 1.84. The molecule has 2 atom stereocenters. The average Bonchev–Trinajstić information content (AvgIpc) is 3.27. The molecule has 0 aliphatic heterocycles. The molecule has 1 aliphatic carbocycles. The van der Waals surface area contributed by atoms with Gasteiger partial charge in [-0.1, -0.05) is 11.6 Å². The van der Waals surface area contributed by atoms with Gasteiger partial charge in [-0.2, -0.15) is 0 Å². The van der Waals surface area contributed by atoms with Crippen molar-refractivity contribution in [2.45, 2.75) is 25.7 Å². The smallest absolute Gasteiger partial charge is 0.297 e. The lowest BCUT2D eigenvalue weighted by Gasteiger charge is -2.06. The van der Waals surface area contributed by atoms with Gasteiger partial charge in [-0.15, -0.1) is 0 Å². The summed E-state index contributed by atoms with van der Waals surface area (Å²) in [5, 5.41) is 2.34. The van der Waals surface area contributed by atoms with Crippen molar-refractivity contribution in [3.8, 4) is 0 Å². The Balaban J connectivity index is 1.69. The topological polar surface area (TPSA) is 80.7 Å². The maximum atomic E-state index is 12.6. The second-order valence-corrected chi connectivity index (χ2v) is 5.62. The highest BCUT2D eigenvalue weighted by Gasteiger charge is 2.46. The first-order valence-corrected chi connectivity index (χ1v) is 7.25. The van der Waals surface area contributed by atoms with E-state index in [9.17, 15) is 13.6 Å². The van der Waals surface area contributed by atoms with Gasteiger partial charge in [0.25, 0.3) is 6.43 Å². The largest absolute Gasteiger partial charge is 0.310 e. The van der Waals surface area contributed by atoms with E-state index in [1.165, 1.54) is 6.07 Å². The first-order valence-electron chi connectivity index (χ1n) is 6.87. The van der Waals surface area contributed by atoms with Crippen LogP contribution in [-0.4, -0.2) is 25.8 Å². The van der Waals surface area contributed by atoms with Gasteiger partial charge < -0.3 is 5.32 Å². The summed E-state index contributed by atoms with van der Waals surface area (Å²) >= 11 is 5.66. The Morgan fingerprint density at radius 3 is 2.87 bits per heavy atom. The van der Waals surface area contributed by atoms with Crippen LogP contribution >= 0.6 is 11.6 Å². The van der Waals surface area contributed by atoms with E-state index >= 15 is 0 Å². The molecule has 1 aliphatic rings. The highest BCUT2D eigenvalue weighted by atomic mass is 35.5. The number of anilines is 1. The van der Waals surface area contributed by atoms with Crippen molar-refractivity contribution in [2.24, 2.45) is 5.92 Å². The fraction of sp³-hybridized carbons (Fsp3) is 0.357. The molecule has 6 nitrogen and oxygen atoms in total. The number of carbonyl (C=O) groups is 1. The van der Waals surface area contributed by atoms with Crippen LogP contribution in [0.1, 0.15) is 36.1 Å². The third-order valence-electron chi connectivity index (χ3n) is 3.43. The number of hydrogen-bond acceptors (Lipinski definition) is 5. The molecule has 0 aromatic carbocycles. The van der Waals surface area contributed by atoms with Crippen LogP contribution in [0.15, 0.2) is 18.3 Å². The van der Waals surface area contributed by atoms with Crippen LogP contribution in [0.2, 0.25) is 5.15 Å². The van der Waals surface area contributed by atoms with E-state index in [1.807, 2.05) is 6.92 Å². The second-order valence-electron chi connectivity index (χ2n) is 5.23. The molecule has 0 saturated heterocycles. The molecule has 3 rings (SSSR count). The second kappa shape index (κ2) is 6.11. The summed E-state index contributed by atoms with van der Waals surface area (Å²) in [6, 6.07) is 3.00. The van der Waals surface area contributed by atoms with Crippen molar-refractivity contribution in [2.75, 3.05) is 5.32 Å².